The summed E-state index contributed by atoms with van der Waals surface area (Å²) in [4.78, 5) is 0. The predicted octanol–water partition coefficient (Wildman–Crippen LogP) is 2.59. The van der Waals surface area contributed by atoms with Crippen molar-refractivity contribution in [1.29, 1.82) is 0 Å². The molecule has 0 radical (unpaired) electrons. The van der Waals surface area contributed by atoms with Crippen LogP contribution in [0.15, 0.2) is 12.1 Å². The molecule has 0 aliphatic carbocycles. The first-order valence-electron chi connectivity index (χ1n) is 4.81. The molecule has 0 bridgehead atoms. The third-order valence-electron chi connectivity index (χ3n) is 2.10. The molecule has 1 aromatic rings. The number of hydrogen-bond acceptors (Lipinski definition) is 3. The van der Waals surface area contributed by atoms with Gasteiger partial charge in [0.05, 0.1) is 6.61 Å². The molecule has 0 aromatic heterocycles. The molecule has 3 nitrogen and oxygen atoms in total. The Bertz CT molecular complexity index is 308. The highest BCUT2D eigenvalue weighted by Crippen LogP contribution is 2.35. The largest absolute Gasteiger partial charge is 0.508 e. The summed E-state index contributed by atoms with van der Waals surface area (Å²) in [6.45, 7) is 4.35. The van der Waals surface area contributed by atoms with E-state index in [2.05, 4.69) is 6.92 Å². The van der Waals surface area contributed by atoms with E-state index in [1.807, 2.05) is 0 Å². The molecule has 0 spiro atoms. The van der Waals surface area contributed by atoms with E-state index in [0.717, 1.165) is 12.8 Å². The van der Waals surface area contributed by atoms with Crippen molar-refractivity contribution in [3.05, 3.63) is 17.7 Å². The molecular formula is C11H16O3. The third kappa shape index (κ3) is 2.31. The number of phenolic OH excluding ortho intramolecular Hbond substituents is 2. The highest BCUT2D eigenvalue weighted by atomic mass is 16.5. The predicted molar refractivity (Wildman–Crippen MR) is 54.9 cm³/mol. The SMILES string of the molecule is CCCCOc1c(O)ccc(O)c1C. The fraction of sp³-hybridized carbons (Fsp3) is 0.455. The van der Waals surface area contributed by atoms with Gasteiger partial charge >= 0.3 is 0 Å². The zero-order chi connectivity index (χ0) is 10.6. The lowest BCUT2D eigenvalue weighted by Crippen LogP contribution is -1.98. The summed E-state index contributed by atoms with van der Waals surface area (Å²) < 4.78 is 5.38. The third-order valence-corrected chi connectivity index (χ3v) is 2.10. The van der Waals surface area contributed by atoms with Crippen LogP contribution in [0.25, 0.3) is 0 Å². The smallest absolute Gasteiger partial charge is 0.167 e. The van der Waals surface area contributed by atoms with Gasteiger partial charge < -0.3 is 14.9 Å². The highest BCUT2D eigenvalue weighted by Gasteiger charge is 2.09. The van der Waals surface area contributed by atoms with Gasteiger partial charge in [-0.1, -0.05) is 13.3 Å². The fourth-order valence-electron chi connectivity index (χ4n) is 1.17. The number of ether oxygens (including phenoxy) is 1. The van der Waals surface area contributed by atoms with E-state index in [9.17, 15) is 10.2 Å². The number of phenols is 2. The van der Waals surface area contributed by atoms with Crippen molar-refractivity contribution in [3.63, 3.8) is 0 Å². The zero-order valence-electron chi connectivity index (χ0n) is 8.58. The van der Waals surface area contributed by atoms with Crippen molar-refractivity contribution >= 4 is 0 Å². The summed E-state index contributed by atoms with van der Waals surface area (Å²) in [6.07, 6.45) is 1.98. The van der Waals surface area contributed by atoms with Gasteiger partial charge in [-0.15, -0.1) is 0 Å². The summed E-state index contributed by atoms with van der Waals surface area (Å²) >= 11 is 0. The van der Waals surface area contributed by atoms with E-state index in [1.54, 1.807) is 6.92 Å². The van der Waals surface area contributed by atoms with Gasteiger partial charge in [0, 0.05) is 5.56 Å². The van der Waals surface area contributed by atoms with Crippen LogP contribution in [0.1, 0.15) is 25.3 Å². The maximum Gasteiger partial charge on any atom is 0.167 e. The minimum absolute atomic E-state index is 0.0800. The minimum Gasteiger partial charge on any atom is -0.508 e. The second-order valence-corrected chi connectivity index (χ2v) is 3.26. The monoisotopic (exact) mass is 196 g/mol. The first-order chi connectivity index (χ1) is 6.66. The Labute approximate surface area is 84.0 Å². The van der Waals surface area contributed by atoms with Crippen molar-refractivity contribution in [2.45, 2.75) is 26.7 Å². The van der Waals surface area contributed by atoms with E-state index in [-0.39, 0.29) is 11.5 Å². The Kier molecular flexibility index (Phi) is 3.63. The summed E-state index contributed by atoms with van der Waals surface area (Å²) in [7, 11) is 0. The Hall–Kier alpha value is -1.38. The van der Waals surface area contributed by atoms with E-state index in [1.165, 1.54) is 12.1 Å². The van der Waals surface area contributed by atoms with Crippen molar-refractivity contribution in [1.82, 2.24) is 0 Å². The van der Waals surface area contributed by atoms with E-state index >= 15 is 0 Å². The van der Waals surface area contributed by atoms with Crippen molar-refractivity contribution in [3.8, 4) is 17.2 Å². The molecule has 1 aromatic carbocycles. The standard InChI is InChI=1S/C11H16O3/c1-3-4-7-14-11-8(2)9(12)5-6-10(11)13/h5-6,12-13H,3-4,7H2,1-2H3. The van der Waals surface area contributed by atoms with Crippen molar-refractivity contribution in [2.75, 3.05) is 6.61 Å². The zero-order valence-corrected chi connectivity index (χ0v) is 8.58. The molecule has 0 heterocycles. The maximum atomic E-state index is 9.48. The molecule has 14 heavy (non-hydrogen) atoms. The van der Waals surface area contributed by atoms with Gasteiger partial charge in [0.15, 0.2) is 11.5 Å². The van der Waals surface area contributed by atoms with Crippen molar-refractivity contribution < 1.29 is 14.9 Å². The Morgan fingerprint density at radius 2 is 1.86 bits per heavy atom. The lowest BCUT2D eigenvalue weighted by Gasteiger charge is -2.11. The molecule has 0 fully saturated rings. The van der Waals surface area contributed by atoms with Crippen LogP contribution < -0.4 is 4.74 Å². The van der Waals surface area contributed by atoms with Crippen LogP contribution in [-0.2, 0) is 0 Å². The van der Waals surface area contributed by atoms with Gasteiger partial charge in [-0.05, 0) is 25.5 Å². The van der Waals surface area contributed by atoms with Gasteiger partial charge in [-0.25, -0.2) is 0 Å². The summed E-state index contributed by atoms with van der Waals surface area (Å²) in [5.74, 6) is 0.615. The summed E-state index contributed by atoms with van der Waals surface area (Å²) in [5.41, 5.74) is 0.584. The van der Waals surface area contributed by atoms with Crippen LogP contribution >= 0.6 is 0 Å². The molecule has 3 heteroatoms. The Morgan fingerprint density at radius 3 is 2.50 bits per heavy atom. The first-order valence-corrected chi connectivity index (χ1v) is 4.81. The fourth-order valence-corrected chi connectivity index (χ4v) is 1.17. The van der Waals surface area contributed by atoms with Crippen LogP contribution in [0.3, 0.4) is 0 Å². The number of benzene rings is 1. The molecule has 0 unspecified atom stereocenters. The molecular weight excluding hydrogens is 180 g/mol. The van der Waals surface area contributed by atoms with Gasteiger partial charge in [0.2, 0.25) is 0 Å². The summed E-state index contributed by atoms with van der Waals surface area (Å²) in [5, 5.41) is 18.9. The normalized spacial score (nSPS) is 10.1. The van der Waals surface area contributed by atoms with E-state index in [4.69, 9.17) is 4.74 Å². The van der Waals surface area contributed by atoms with Crippen LogP contribution in [0.2, 0.25) is 0 Å². The first kappa shape index (κ1) is 10.7. The van der Waals surface area contributed by atoms with Crippen LogP contribution in [-0.4, -0.2) is 16.8 Å². The molecule has 0 amide bonds. The number of rotatable bonds is 4. The second kappa shape index (κ2) is 4.74. The topological polar surface area (TPSA) is 49.7 Å². The average Bonchev–Trinajstić information content (AvgIpc) is 2.18. The quantitative estimate of drug-likeness (QED) is 0.574. The van der Waals surface area contributed by atoms with E-state index < -0.39 is 0 Å². The van der Waals surface area contributed by atoms with Gasteiger partial charge in [0.1, 0.15) is 5.75 Å². The lowest BCUT2D eigenvalue weighted by atomic mass is 10.2. The average molecular weight is 196 g/mol. The molecule has 0 atom stereocenters. The molecule has 0 aliphatic heterocycles. The maximum absolute atomic E-state index is 9.48. The molecule has 2 N–H and O–H groups in total. The Morgan fingerprint density at radius 1 is 1.21 bits per heavy atom. The summed E-state index contributed by atoms with van der Waals surface area (Å²) in [6, 6.07) is 2.89. The number of aromatic hydroxyl groups is 2. The van der Waals surface area contributed by atoms with Crippen molar-refractivity contribution in [2.24, 2.45) is 0 Å². The molecule has 78 valence electrons. The molecule has 1 rings (SSSR count). The second-order valence-electron chi connectivity index (χ2n) is 3.26. The van der Waals surface area contributed by atoms with E-state index in [0.29, 0.717) is 17.9 Å². The molecule has 0 saturated carbocycles. The van der Waals surface area contributed by atoms with Gasteiger partial charge in [0.25, 0.3) is 0 Å². The molecule has 0 aliphatic rings. The Balaban J connectivity index is 2.79. The van der Waals surface area contributed by atoms with Crippen LogP contribution in [0.4, 0.5) is 0 Å². The van der Waals surface area contributed by atoms with Crippen LogP contribution in [0, 0.1) is 6.92 Å². The minimum atomic E-state index is 0.0800. The van der Waals surface area contributed by atoms with Gasteiger partial charge in [-0.3, -0.25) is 0 Å². The van der Waals surface area contributed by atoms with Crippen LogP contribution in [0.5, 0.6) is 17.2 Å². The van der Waals surface area contributed by atoms with Gasteiger partial charge in [-0.2, -0.15) is 0 Å². The molecule has 0 saturated heterocycles. The number of hydrogen-bond donors (Lipinski definition) is 2. The lowest BCUT2D eigenvalue weighted by molar-refractivity contribution is 0.288. The highest BCUT2D eigenvalue weighted by molar-refractivity contribution is 5.51. The number of unbranched alkanes of at least 4 members (excludes halogenated alkanes) is 1.